The summed E-state index contributed by atoms with van der Waals surface area (Å²) < 4.78 is 0. The third-order valence-electron chi connectivity index (χ3n) is 6.73. The van der Waals surface area contributed by atoms with Crippen LogP contribution in [-0.2, 0) is 0 Å². The van der Waals surface area contributed by atoms with Gasteiger partial charge in [-0.05, 0) is 68.6 Å². The highest BCUT2D eigenvalue weighted by atomic mass is 16.1. The van der Waals surface area contributed by atoms with Crippen molar-refractivity contribution in [2.24, 2.45) is 5.92 Å². The standard InChI is InChI=1S/C26H31N5O/c1-18(19-6-7-19)27-26(32)22-5-3-4-21(16-22)25-17-24(28-29-25)20-8-10-23(11-9-20)31-14-12-30(2)13-15-31/h3-5,8-11,16-19H,6-7,12-15H2,1-2H3,(H,27,32)(H,28,29). The number of hydrogen-bond acceptors (Lipinski definition) is 4. The van der Waals surface area contributed by atoms with Crippen LogP contribution in [0.1, 0.15) is 30.1 Å². The Morgan fingerprint density at radius 1 is 1.03 bits per heavy atom. The van der Waals surface area contributed by atoms with Gasteiger partial charge in [0, 0.05) is 49.0 Å². The van der Waals surface area contributed by atoms with E-state index in [1.54, 1.807) is 0 Å². The van der Waals surface area contributed by atoms with Gasteiger partial charge in [0.25, 0.3) is 5.91 Å². The predicted molar refractivity (Wildman–Crippen MR) is 129 cm³/mol. The van der Waals surface area contributed by atoms with Crippen LogP contribution in [0.25, 0.3) is 22.5 Å². The molecule has 1 saturated heterocycles. The molecule has 32 heavy (non-hydrogen) atoms. The number of H-pyrrole nitrogens is 1. The molecule has 2 N–H and O–H groups in total. The first-order chi connectivity index (χ1) is 15.6. The normalized spacial score (nSPS) is 17.9. The summed E-state index contributed by atoms with van der Waals surface area (Å²) in [7, 11) is 2.17. The molecule has 166 valence electrons. The summed E-state index contributed by atoms with van der Waals surface area (Å²) in [5, 5.41) is 10.8. The number of aromatic amines is 1. The molecule has 1 amide bonds. The lowest BCUT2D eigenvalue weighted by molar-refractivity contribution is 0.0936. The monoisotopic (exact) mass is 429 g/mol. The van der Waals surface area contributed by atoms with Crippen molar-refractivity contribution in [1.29, 1.82) is 0 Å². The van der Waals surface area contributed by atoms with Crippen LogP contribution in [0, 0.1) is 5.92 Å². The quantitative estimate of drug-likeness (QED) is 0.621. The number of hydrogen-bond donors (Lipinski definition) is 2. The van der Waals surface area contributed by atoms with Crippen LogP contribution in [0.4, 0.5) is 5.69 Å². The van der Waals surface area contributed by atoms with Crippen molar-refractivity contribution in [2.45, 2.75) is 25.8 Å². The van der Waals surface area contributed by atoms with E-state index in [9.17, 15) is 4.79 Å². The molecule has 2 heterocycles. The highest BCUT2D eigenvalue weighted by Crippen LogP contribution is 2.32. The number of nitrogens with one attached hydrogen (secondary N) is 2. The van der Waals surface area contributed by atoms with Gasteiger partial charge in [-0.2, -0.15) is 5.10 Å². The van der Waals surface area contributed by atoms with Gasteiger partial charge in [-0.3, -0.25) is 9.89 Å². The Morgan fingerprint density at radius 2 is 1.78 bits per heavy atom. The Hall–Kier alpha value is -3.12. The maximum Gasteiger partial charge on any atom is 0.251 e. The Balaban J connectivity index is 1.29. The SMILES string of the molecule is CC(NC(=O)c1cccc(-c2cc(-c3ccc(N4CCN(C)CC4)cc3)[nH]n2)c1)C1CC1. The van der Waals surface area contributed by atoms with E-state index in [1.807, 2.05) is 24.3 Å². The average Bonchev–Trinajstić information content (AvgIpc) is 3.56. The summed E-state index contributed by atoms with van der Waals surface area (Å²) >= 11 is 0. The second kappa shape index (κ2) is 8.79. The molecule has 1 aliphatic carbocycles. The molecule has 0 radical (unpaired) electrons. The van der Waals surface area contributed by atoms with E-state index in [0.717, 1.165) is 48.7 Å². The lowest BCUT2D eigenvalue weighted by Gasteiger charge is -2.34. The number of carbonyl (C=O) groups excluding carboxylic acids is 1. The maximum absolute atomic E-state index is 12.6. The minimum atomic E-state index is -0.0125. The third-order valence-corrected chi connectivity index (χ3v) is 6.73. The van der Waals surface area contributed by atoms with Crippen molar-refractivity contribution >= 4 is 11.6 Å². The van der Waals surface area contributed by atoms with Crippen LogP contribution in [0.3, 0.4) is 0 Å². The summed E-state index contributed by atoms with van der Waals surface area (Å²) in [6.07, 6.45) is 2.43. The topological polar surface area (TPSA) is 64.3 Å². The number of piperazine rings is 1. The lowest BCUT2D eigenvalue weighted by Crippen LogP contribution is -2.44. The van der Waals surface area contributed by atoms with Crippen LogP contribution < -0.4 is 10.2 Å². The van der Waals surface area contributed by atoms with Crippen LogP contribution in [-0.4, -0.2) is 60.3 Å². The molecule has 0 bridgehead atoms. The highest BCUT2D eigenvalue weighted by molar-refractivity contribution is 5.95. The molecular weight excluding hydrogens is 398 g/mol. The number of rotatable bonds is 6. The molecule has 1 unspecified atom stereocenters. The van der Waals surface area contributed by atoms with Gasteiger partial charge in [-0.25, -0.2) is 0 Å². The van der Waals surface area contributed by atoms with Crippen LogP contribution in [0.15, 0.2) is 54.6 Å². The summed E-state index contributed by atoms with van der Waals surface area (Å²) in [6, 6.07) is 18.7. The minimum absolute atomic E-state index is 0.0125. The molecule has 6 heteroatoms. The molecule has 1 atom stereocenters. The predicted octanol–water partition coefficient (Wildman–Crippen LogP) is 4.02. The second-order valence-electron chi connectivity index (χ2n) is 9.18. The van der Waals surface area contributed by atoms with Gasteiger partial charge >= 0.3 is 0 Å². The van der Waals surface area contributed by atoms with E-state index in [-0.39, 0.29) is 11.9 Å². The van der Waals surface area contributed by atoms with Crippen molar-refractivity contribution in [3.63, 3.8) is 0 Å². The summed E-state index contributed by atoms with van der Waals surface area (Å²) in [5.74, 6) is 0.625. The van der Waals surface area contributed by atoms with Crippen molar-refractivity contribution in [2.75, 3.05) is 38.1 Å². The Labute approximate surface area is 189 Å². The molecule has 2 aliphatic rings. The zero-order valence-electron chi connectivity index (χ0n) is 18.8. The van der Waals surface area contributed by atoms with Crippen molar-refractivity contribution in [1.82, 2.24) is 20.4 Å². The van der Waals surface area contributed by atoms with Crippen molar-refractivity contribution in [3.8, 4) is 22.5 Å². The molecule has 0 spiro atoms. The second-order valence-corrected chi connectivity index (χ2v) is 9.18. The number of likely N-dealkylation sites (N-methyl/N-ethyl adjacent to an activating group) is 1. The molecule has 2 aromatic carbocycles. The summed E-state index contributed by atoms with van der Waals surface area (Å²) in [4.78, 5) is 17.4. The molecule has 1 aliphatic heterocycles. The number of benzene rings is 2. The van der Waals surface area contributed by atoms with Crippen LogP contribution in [0.5, 0.6) is 0 Å². The maximum atomic E-state index is 12.6. The Bertz CT molecular complexity index is 1080. The van der Waals surface area contributed by atoms with Crippen LogP contribution in [0.2, 0.25) is 0 Å². The first-order valence-electron chi connectivity index (χ1n) is 11.6. The molecule has 6 nitrogen and oxygen atoms in total. The van der Waals surface area contributed by atoms with E-state index in [0.29, 0.717) is 11.5 Å². The van der Waals surface area contributed by atoms with Crippen molar-refractivity contribution < 1.29 is 4.79 Å². The van der Waals surface area contributed by atoms with E-state index >= 15 is 0 Å². The molecular formula is C26H31N5O. The minimum Gasteiger partial charge on any atom is -0.369 e. The molecule has 2 fully saturated rings. The molecule has 5 rings (SSSR count). The number of carbonyl (C=O) groups is 1. The average molecular weight is 430 g/mol. The van der Waals surface area contributed by atoms with Gasteiger partial charge in [0.15, 0.2) is 0 Å². The van der Waals surface area contributed by atoms with E-state index < -0.39 is 0 Å². The van der Waals surface area contributed by atoms with Gasteiger partial charge in [-0.1, -0.05) is 24.3 Å². The molecule has 1 aromatic heterocycles. The fourth-order valence-corrected chi connectivity index (χ4v) is 4.36. The fourth-order valence-electron chi connectivity index (χ4n) is 4.36. The summed E-state index contributed by atoms with van der Waals surface area (Å²) in [6.45, 7) is 6.42. The lowest BCUT2D eigenvalue weighted by atomic mass is 10.1. The van der Waals surface area contributed by atoms with Gasteiger partial charge < -0.3 is 15.1 Å². The first-order valence-corrected chi connectivity index (χ1v) is 11.6. The van der Waals surface area contributed by atoms with E-state index in [2.05, 4.69) is 69.6 Å². The third kappa shape index (κ3) is 4.55. The zero-order valence-corrected chi connectivity index (χ0v) is 18.8. The smallest absolute Gasteiger partial charge is 0.251 e. The fraction of sp³-hybridized carbons (Fsp3) is 0.385. The Kier molecular flexibility index (Phi) is 5.70. The number of amides is 1. The van der Waals surface area contributed by atoms with Crippen LogP contribution >= 0.6 is 0 Å². The largest absolute Gasteiger partial charge is 0.369 e. The van der Waals surface area contributed by atoms with Gasteiger partial charge in [0.2, 0.25) is 0 Å². The Morgan fingerprint density at radius 3 is 2.50 bits per heavy atom. The first kappa shape index (κ1) is 20.8. The van der Waals surface area contributed by atoms with Gasteiger partial charge in [0.05, 0.1) is 11.4 Å². The number of aromatic nitrogens is 2. The molecule has 3 aromatic rings. The van der Waals surface area contributed by atoms with E-state index in [1.165, 1.54) is 18.5 Å². The zero-order chi connectivity index (χ0) is 22.1. The highest BCUT2D eigenvalue weighted by Gasteiger charge is 2.29. The van der Waals surface area contributed by atoms with E-state index in [4.69, 9.17) is 0 Å². The molecule has 1 saturated carbocycles. The summed E-state index contributed by atoms with van der Waals surface area (Å²) in [5.41, 5.74) is 5.80. The number of anilines is 1. The number of nitrogens with zero attached hydrogens (tertiary/aromatic N) is 3. The van der Waals surface area contributed by atoms with Crippen molar-refractivity contribution in [3.05, 3.63) is 60.2 Å². The van der Waals surface area contributed by atoms with Gasteiger partial charge in [-0.15, -0.1) is 0 Å². The van der Waals surface area contributed by atoms with Gasteiger partial charge in [0.1, 0.15) is 0 Å².